The van der Waals surface area contributed by atoms with Crippen molar-refractivity contribution in [2.45, 2.75) is 19.9 Å². The van der Waals surface area contributed by atoms with E-state index in [0.29, 0.717) is 19.6 Å². The number of hydrogen-bond acceptors (Lipinski definition) is 3. The van der Waals surface area contributed by atoms with E-state index in [0.717, 1.165) is 28.0 Å². The first-order valence-corrected chi connectivity index (χ1v) is 7.80. The summed E-state index contributed by atoms with van der Waals surface area (Å²) in [7, 11) is 0. The SMILES string of the molecule is CCCNC(=O)CNCc1ccc(-c2cccc(Br)c2)o1. The molecule has 0 unspecified atom stereocenters. The molecule has 4 nitrogen and oxygen atoms in total. The van der Waals surface area contributed by atoms with Crippen LogP contribution >= 0.6 is 15.9 Å². The van der Waals surface area contributed by atoms with E-state index in [-0.39, 0.29) is 5.91 Å². The summed E-state index contributed by atoms with van der Waals surface area (Å²) in [5, 5.41) is 5.89. The predicted molar refractivity (Wildman–Crippen MR) is 86.9 cm³/mol. The fraction of sp³-hybridized carbons (Fsp3) is 0.312. The van der Waals surface area contributed by atoms with Crippen LogP contribution < -0.4 is 10.6 Å². The maximum absolute atomic E-state index is 11.4. The molecule has 1 amide bonds. The third-order valence-corrected chi connectivity index (χ3v) is 3.42. The molecule has 0 saturated heterocycles. The summed E-state index contributed by atoms with van der Waals surface area (Å²) in [5.41, 5.74) is 1.02. The standard InChI is InChI=1S/C16H19BrN2O2/c1-2-8-19-16(20)11-18-10-14-6-7-15(21-14)12-4-3-5-13(17)9-12/h3-7,9,18H,2,8,10-11H2,1H3,(H,19,20). The van der Waals surface area contributed by atoms with Crippen molar-refractivity contribution in [2.24, 2.45) is 0 Å². The Hall–Kier alpha value is -1.59. The van der Waals surface area contributed by atoms with Crippen LogP contribution in [0.1, 0.15) is 19.1 Å². The van der Waals surface area contributed by atoms with Crippen LogP contribution in [0, 0.1) is 0 Å². The van der Waals surface area contributed by atoms with Crippen LogP contribution in [0.25, 0.3) is 11.3 Å². The Bertz CT molecular complexity index is 595. The summed E-state index contributed by atoms with van der Waals surface area (Å²) in [6.07, 6.45) is 0.944. The molecule has 0 aliphatic rings. The Kier molecular flexibility index (Phi) is 6.02. The first-order chi connectivity index (χ1) is 10.2. The molecule has 0 atom stereocenters. The topological polar surface area (TPSA) is 54.3 Å². The molecule has 21 heavy (non-hydrogen) atoms. The maximum Gasteiger partial charge on any atom is 0.233 e. The highest BCUT2D eigenvalue weighted by atomic mass is 79.9. The predicted octanol–water partition coefficient (Wildman–Crippen LogP) is 3.32. The average molecular weight is 351 g/mol. The van der Waals surface area contributed by atoms with E-state index >= 15 is 0 Å². The zero-order valence-corrected chi connectivity index (χ0v) is 13.6. The van der Waals surface area contributed by atoms with Crippen LogP contribution in [-0.4, -0.2) is 19.0 Å². The van der Waals surface area contributed by atoms with Gasteiger partial charge in [-0.15, -0.1) is 0 Å². The Morgan fingerprint density at radius 3 is 2.90 bits per heavy atom. The molecule has 2 aromatic rings. The van der Waals surface area contributed by atoms with Crippen molar-refractivity contribution in [1.82, 2.24) is 10.6 Å². The first kappa shape index (κ1) is 15.8. The van der Waals surface area contributed by atoms with Gasteiger partial charge < -0.3 is 15.1 Å². The molecular formula is C16H19BrN2O2. The summed E-state index contributed by atoms with van der Waals surface area (Å²) >= 11 is 3.45. The van der Waals surface area contributed by atoms with Crippen LogP contribution in [-0.2, 0) is 11.3 Å². The molecule has 0 saturated carbocycles. The number of carbonyl (C=O) groups is 1. The van der Waals surface area contributed by atoms with E-state index < -0.39 is 0 Å². The van der Waals surface area contributed by atoms with Gasteiger partial charge in [0.25, 0.3) is 0 Å². The number of amides is 1. The van der Waals surface area contributed by atoms with Crippen LogP contribution in [0.15, 0.2) is 45.3 Å². The van der Waals surface area contributed by atoms with E-state index in [1.165, 1.54) is 0 Å². The largest absolute Gasteiger partial charge is 0.460 e. The average Bonchev–Trinajstić information content (AvgIpc) is 2.94. The summed E-state index contributed by atoms with van der Waals surface area (Å²) in [6, 6.07) is 11.8. The normalized spacial score (nSPS) is 10.6. The number of hydrogen-bond donors (Lipinski definition) is 2. The Morgan fingerprint density at radius 2 is 2.14 bits per heavy atom. The second-order valence-electron chi connectivity index (χ2n) is 4.73. The summed E-state index contributed by atoms with van der Waals surface area (Å²) < 4.78 is 6.79. The zero-order chi connectivity index (χ0) is 15.1. The molecule has 112 valence electrons. The van der Waals surface area contributed by atoms with Gasteiger partial charge in [-0.05, 0) is 30.7 Å². The minimum atomic E-state index is 0.00983. The number of carbonyl (C=O) groups excluding carboxylic acids is 1. The van der Waals surface area contributed by atoms with Crippen molar-refractivity contribution in [3.8, 4) is 11.3 Å². The van der Waals surface area contributed by atoms with Crippen molar-refractivity contribution in [2.75, 3.05) is 13.1 Å². The minimum Gasteiger partial charge on any atom is -0.460 e. The van der Waals surface area contributed by atoms with Crippen molar-refractivity contribution in [3.05, 3.63) is 46.6 Å². The number of rotatable bonds is 7. The maximum atomic E-state index is 11.4. The number of furan rings is 1. The van der Waals surface area contributed by atoms with Gasteiger partial charge in [-0.1, -0.05) is 35.0 Å². The molecule has 0 aliphatic heterocycles. The highest BCUT2D eigenvalue weighted by Gasteiger charge is 2.06. The van der Waals surface area contributed by atoms with E-state index in [1.807, 2.05) is 43.3 Å². The monoisotopic (exact) mass is 350 g/mol. The van der Waals surface area contributed by atoms with Gasteiger partial charge in [0, 0.05) is 16.6 Å². The molecular weight excluding hydrogens is 332 g/mol. The summed E-state index contributed by atoms with van der Waals surface area (Å²) in [4.78, 5) is 11.4. The lowest BCUT2D eigenvalue weighted by molar-refractivity contribution is -0.120. The third kappa shape index (κ3) is 5.02. The second-order valence-corrected chi connectivity index (χ2v) is 5.65. The van der Waals surface area contributed by atoms with Gasteiger partial charge in [0.05, 0.1) is 13.1 Å². The summed E-state index contributed by atoms with van der Waals surface area (Å²) in [6.45, 7) is 3.58. The number of nitrogens with one attached hydrogen (secondary N) is 2. The molecule has 0 spiro atoms. The van der Waals surface area contributed by atoms with E-state index in [2.05, 4.69) is 26.6 Å². The van der Waals surface area contributed by atoms with E-state index in [4.69, 9.17) is 4.42 Å². The van der Waals surface area contributed by atoms with Gasteiger partial charge in [-0.3, -0.25) is 4.79 Å². The molecule has 1 aromatic heterocycles. The molecule has 0 fully saturated rings. The van der Waals surface area contributed by atoms with Crippen molar-refractivity contribution >= 4 is 21.8 Å². The lowest BCUT2D eigenvalue weighted by atomic mass is 10.2. The fourth-order valence-corrected chi connectivity index (χ4v) is 2.30. The van der Waals surface area contributed by atoms with Crippen LogP contribution in [0.4, 0.5) is 0 Å². The zero-order valence-electron chi connectivity index (χ0n) is 12.0. The highest BCUT2D eigenvalue weighted by Crippen LogP contribution is 2.24. The van der Waals surface area contributed by atoms with Gasteiger partial charge in [-0.25, -0.2) is 0 Å². The quantitative estimate of drug-likeness (QED) is 0.805. The molecule has 5 heteroatoms. The van der Waals surface area contributed by atoms with Crippen LogP contribution in [0.3, 0.4) is 0 Å². The Morgan fingerprint density at radius 1 is 1.29 bits per heavy atom. The summed E-state index contributed by atoms with van der Waals surface area (Å²) in [5.74, 6) is 1.65. The van der Waals surface area contributed by atoms with Crippen molar-refractivity contribution < 1.29 is 9.21 Å². The van der Waals surface area contributed by atoms with Crippen LogP contribution in [0.2, 0.25) is 0 Å². The van der Waals surface area contributed by atoms with Gasteiger partial charge in [0.15, 0.2) is 0 Å². The fourth-order valence-electron chi connectivity index (χ4n) is 1.90. The van der Waals surface area contributed by atoms with E-state index in [1.54, 1.807) is 0 Å². The van der Waals surface area contributed by atoms with Crippen LogP contribution in [0.5, 0.6) is 0 Å². The third-order valence-electron chi connectivity index (χ3n) is 2.93. The molecule has 1 heterocycles. The Balaban J connectivity index is 1.85. The van der Waals surface area contributed by atoms with Gasteiger partial charge in [-0.2, -0.15) is 0 Å². The van der Waals surface area contributed by atoms with Gasteiger partial charge in [0.2, 0.25) is 5.91 Å². The second kappa shape index (κ2) is 8.00. The smallest absolute Gasteiger partial charge is 0.233 e. The molecule has 0 aliphatic carbocycles. The van der Waals surface area contributed by atoms with Gasteiger partial charge >= 0.3 is 0 Å². The lowest BCUT2D eigenvalue weighted by Gasteiger charge is -2.04. The lowest BCUT2D eigenvalue weighted by Crippen LogP contribution is -2.33. The van der Waals surface area contributed by atoms with Crippen molar-refractivity contribution in [3.63, 3.8) is 0 Å². The molecule has 0 bridgehead atoms. The molecule has 1 aromatic carbocycles. The molecule has 2 N–H and O–H groups in total. The number of halogens is 1. The highest BCUT2D eigenvalue weighted by molar-refractivity contribution is 9.10. The molecule has 0 radical (unpaired) electrons. The first-order valence-electron chi connectivity index (χ1n) is 7.01. The Labute approximate surface area is 133 Å². The minimum absolute atomic E-state index is 0.00983. The van der Waals surface area contributed by atoms with Crippen molar-refractivity contribution in [1.29, 1.82) is 0 Å². The van der Waals surface area contributed by atoms with E-state index in [9.17, 15) is 4.79 Å². The number of benzene rings is 1. The molecule has 2 rings (SSSR count). The van der Waals surface area contributed by atoms with Gasteiger partial charge in [0.1, 0.15) is 11.5 Å².